The molecule has 11 nitrogen and oxygen atoms in total. The van der Waals surface area contributed by atoms with E-state index >= 15 is 0 Å². The number of aromatic amines is 1. The molecule has 0 aliphatic carbocycles. The van der Waals surface area contributed by atoms with Gasteiger partial charge in [-0.25, -0.2) is 13.4 Å². The Kier molecular flexibility index (Phi) is 6.08. The van der Waals surface area contributed by atoms with Crippen molar-refractivity contribution in [3.63, 3.8) is 0 Å². The molecule has 3 atom stereocenters. The van der Waals surface area contributed by atoms with Crippen LogP contribution >= 0.6 is 0 Å². The summed E-state index contributed by atoms with van der Waals surface area (Å²) in [5, 5.41) is 10.1. The SMILES string of the molecule is CCS(=O)(=O)N1[C@@H]2CCC[C@H]1C[C@@H](N(C)c1nc(Nc3cc(C)[nH]n3)cc(C(N)=O)n1)C2. The van der Waals surface area contributed by atoms with Crippen molar-refractivity contribution in [2.24, 2.45) is 5.73 Å². The minimum absolute atomic E-state index is 0.0242. The van der Waals surface area contributed by atoms with Crippen LogP contribution in [0, 0.1) is 6.92 Å². The molecule has 2 saturated heterocycles. The van der Waals surface area contributed by atoms with Gasteiger partial charge in [0, 0.05) is 43.0 Å². The van der Waals surface area contributed by atoms with Crippen molar-refractivity contribution in [2.75, 3.05) is 23.0 Å². The molecule has 4 N–H and O–H groups in total. The van der Waals surface area contributed by atoms with Crippen LogP contribution in [0.1, 0.15) is 55.2 Å². The van der Waals surface area contributed by atoms with Crippen LogP contribution < -0.4 is 16.0 Å². The fourth-order valence-electron chi connectivity index (χ4n) is 4.79. The highest BCUT2D eigenvalue weighted by atomic mass is 32.2. The normalized spacial score (nSPS) is 23.7. The number of rotatable bonds is 7. The number of fused-ring (bicyclic) bond motifs is 2. The molecular formula is C20H30N8O3S. The summed E-state index contributed by atoms with van der Waals surface area (Å²) in [5.74, 6) is 0.813. The van der Waals surface area contributed by atoms with Gasteiger partial charge < -0.3 is 16.0 Å². The zero-order valence-corrected chi connectivity index (χ0v) is 19.4. The van der Waals surface area contributed by atoms with E-state index in [0.717, 1.165) is 25.0 Å². The summed E-state index contributed by atoms with van der Waals surface area (Å²) in [5.41, 5.74) is 6.50. The Bertz CT molecular complexity index is 1090. The van der Waals surface area contributed by atoms with Crippen LogP contribution in [-0.4, -0.2) is 69.7 Å². The third-order valence-electron chi connectivity index (χ3n) is 6.36. The second-order valence-corrected chi connectivity index (χ2v) is 10.7. The van der Waals surface area contributed by atoms with E-state index in [2.05, 4.69) is 25.5 Å². The number of primary amides is 1. The first kappa shape index (κ1) is 22.5. The average molecular weight is 463 g/mol. The van der Waals surface area contributed by atoms with Crippen LogP contribution in [0.5, 0.6) is 0 Å². The van der Waals surface area contributed by atoms with E-state index in [9.17, 15) is 13.2 Å². The summed E-state index contributed by atoms with van der Waals surface area (Å²) in [6.07, 6.45) is 4.13. The molecule has 0 saturated carbocycles. The number of nitrogens with one attached hydrogen (secondary N) is 2. The average Bonchev–Trinajstić information content (AvgIpc) is 3.16. The van der Waals surface area contributed by atoms with E-state index < -0.39 is 15.9 Å². The van der Waals surface area contributed by atoms with E-state index in [1.165, 1.54) is 6.07 Å². The zero-order valence-electron chi connectivity index (χ0n) is 18.6. The number of piperidine rings is 2. The predicted molar refractivity (Wildman–Crippen MR) is 121 cm³/mol. The molecule has 32 heavy (non-hydrogen) atoms. The zero-order chi connectivity index (χ0) is 23.0. The molecule has 2 fully saturated rings. The highest BCUT2D eigenvalue weighted by Crippen LogP contribution is 2.38. The summed E-state index contributed by atoms with van der Waals surface area (Å²) in [7, 11) is -1.37. The lowest BCUT2D eigenvalue weighted by molar-refractivity contribution is 0.0994. The number of nitrogens with two attached hydrogens (primary N) is 1. The number of carbonyl (C=O) groups is 1. The Morgan fingerprint density at radius 3 is 2.50 bits per heavy atom. The molecule has 4 heterocycles. The molecule has 4 rings (SSSR count). The molecule has 0 unspecified atom stereocenters. The van der Waals surface area contributed by atoms with Crippen molar-refractivity contribution in [3.8, 4) is 0 Å². The molecule has 0 radical (unpaired) electrons. The van der Waals surface area contributed by atoms with Gasteiger partial charge >= 0.3 is 0 Å². The Hall–Kier alpha value is -2.73. The van der Waals surface area contributed by atoms with Gasteiger partial charge in [0.05, 0.1) is 5.75 Å². The molecule has 2 aromatic heterocycles. The maximum Gasteiger partial charge on any atom is 0.267 e. The van der Waals surface area contributed by atoms with Gasteiger partial charge in [-0.15, -0.1) is 0 Å². The smallest absolute Gasteiger partial charge is 0.267 e. The van der Waals surface area contributed by atoms with E-state index in [1.807, 2.05) is 24.9 Å². The Morgan fingerprint density at radius 1 is 1.25 bits per heavy atom. The van der Waals surface area contributed by atoms with E-state index in [-0.39, 0.29) is 29.6 Å². The van der Waals surface area contributed by atoms with Crippen LogP contribution in [0.3, 0.4) is 0 Å². The first-order valence-electron chi connectivity index (χ1n) is 10.9. The number of anilines is 3. The minimum Gasteiger partial charge on any atom is -0.364 e. The lowest BCUT2D eigenvalue weighted by Crippen LogP contribution is -2.58. The van der Waals surface area contributed by atoms with Crippen LogP contribution in [0.15, 0.2) is 12.1 Å². The molecule has 12 heteroatoms. The van der Waals surface area contributed by atoms with Gasteiger partial charge in [0.25, 0.3) is 5.91 Å². The van der Waals surface area contributed by atoms with Crippen molar-refractivity contribution >= 4 is 33.5 Å². The van der Waals surface area contributed by atoms with E-state index in [0.29, 0.717) is 30.4 Å². The Labute approximate surface area is 187 Å². The van der Waals surface area contributed by atoms with E-state index in [4.69, 9.17) is 5.73 Å². The summed E-state index contributed by atoms with van der Waals surface area (Å²) >= 11 is 0. The van der Waals surface area contributed by atoms with Crippen molar-refractivity contribution in [1.29, 1.82) is 0 Å². The predicted octanol–water partition coefficient (Wildman–Crippen LogP) is 1.52. The fraction of sp³-hybridized carbons (Fsp3) is 0.600. The third-order valence-corrected chi connectivity index (χ3v) is 8.33. The number of hydrogen-bond donors (Lipinski definition) is 3. The van der Waals surface area contributed by atoms with Crippen molar-refractivity contribution < 1.29 is 13.2 Å². The number of hydrogen-bond acceptors (Lipinski definition) is 8. The first-order valence-corrected chi connectivity index (χ1v) is 12.5. The fourth-order valence-corrected chi connectivity index (χ4v) is 6.38. The molecule has 2 aromatic rings. The summed E-state index contributed by atoms with van der Waals surface area (Å²) < 4.78 is 27.1. The number of aryl methyl sites for hydroxylation is 1. The van der Waals surface area contributed by atoms with Gasteiger partial charge in [0.1, 0.15) is 11.5 Å². The number of amides is 1. The van der Waals surface area contributed by atoms with Crippen molar-refractivity contribution in [2.45, 2.75) is 64.1 Å². The Balaban J connectivity index is 1.60. The molecular weight excluding hydrogens is 432 g/mol. The number of nitrogens with zero attached hydrogens (tertiary/aromatic N) is 5. The van der Waals surface area contributed by atoms with Gasteiger partial charge in [-0.05, 0) is 39.5 Å². The molecule has 2 aliphatic heterocycles. The maximum absolute atomic E-state index is 12.7. The van der Waals surface area contributed by atoms with Crippen LogP contribution in [-0.2, 0) is 10.0 Å². The molecule has 0 spiro atoms. The third kappa shape index (κ3) is 4.42. The van der Waals surface area contributed by atoms with Crippen LogP contribution in [0.2, 0.25) is 0 Å². The number of H-pyrrole nitrogens is 1. The van der Waals surface area contributed by atoms with Crippen molar-refractivity contribution in [1.82, 2.24) is 24.5 Å². The van der Waals surface area contributed by atoms with Gasteiger partial charge in [-0.3, -0.25) is 9.89 Å². The largest absolute Gasteiger partial charge is 0.364 e. The monoisotopic (exact) mass is 462 g/mol. The molecule has 174 valence electrons. The molecule has 0 aromatic carbocycles. The van der Waals surface area contributed by atoms with Gasteiger partial charge in [-0.2, -0.15) is 14.4 Å². The van der Waals surface area contributed by atoms with Gasteiger partial charge in [-0.1, -0.05) is 6.42 Å². The number of sulfonamides is 1. The van der Waals surface area contributed by atoms with E-state index in [1.54, 1.807) is 11.2 Å². The second-order valence-electron chi connectivity index (χ2n) is 8.57. The molecule has 2 bridgehead atoms. The Morgan fingerprint density at radius 2 is 1.94 bits per heavy atom. The first-order chi connectivity index (χ1) is 15.2. The topological polar surface area (TPSA) is 150 Å². The van der Waals surface area contributed by atoms with Crippen LogP contribution in [0.4, 0.5) is 17.6 Å². The van der Waals surface area contributed by atoms with Gasteiger partial charge in [0.15, 0.2) is 5.82 Å². The highest BCUT2D eigenvalue weighted by molar-refractivity contribution is 7.89. The summed E-state index contributed by atoms with van der Waals surface area (Å²) in [6.45, 7) is 3.58. The lowest BCUT2D eigenvalue weighted by Gasteiger charge is -2.49. The quantitative estimate of drug-likeness (QED) is 0.560. The van der Waals surface area contributed by atoms with Crippen molar-refractivity contribution in [3.05, 3.63) is 23.5 Å². The highest BCUT2D eigenvalue weighted by Gasteiger charge is 2.45. The number of aromatic nitrogens is 4. The summed E-state index contributed by atoms with van der Waals surface area (Å²) in [4.78, 5) is 22.8. The maximum atomic E-state index is 12.7. The lowest BCUT2D eigenvalue weighted by atomic mass is 9.83. The summed E-state index contributed by atoms with van der Waals surface area (Å²) in [6, 6.07) is 3.32. The molecule has 2 aliphatic rings. The van der Waals surface area contributed by atoms with Gasteiger partial charge in [0.2, 0.25) is 16.0 Å². The number of carbonyl (C=O) groups excluding carboxylic acids is 1. The second kappa shape index (κ2) is 8.66. The molecule has 1 amide bonds. The van der Waals surface area contributed by atoms with Crippen LogP contribution in [0.25, 0.3) is 0 Å². The standard InChI is InChI=1S/C20H30N8O3S/c1-4-32(30,31)28-13-6-5-7-14(28)10-15(9-13)27(3)20-22-16(19(21)29)11-17(24-20)23-18-8-12(2)25-26-18/h8,11,13-15H,4-7,9-10H2,1-3H3,(H2,21,29)(H2,22,23,24,25,26)/t13-,14+,15+. The minimum atomic E-state index is -3.25.